The predicted octanol–water partition coefficient (Wildman–Crippen LogP) is 11.4. The lowest BCUT2D eigenvalue weighted by Crippen LogP contribution is -2.44. The summed E-state index contributed by atoms with van der Waals surface area (Å²) in [7, 11) is 2.18. The molecule has 4 heteroatoms. The Morgan fingerprint density at radius 1 is 0.745 bits per heavy atom. The van der Waals surface area contributed by atoms with Crippen LogP contribution >= 0.6 is 0 Å². The molecule has 4 aromatic carbocycles. The Kier molecular flexibility index (Phi) is 8.47. The van der Waals surface area contributed by atoms with Crippen LogP contribution in [0.15, 0.2) is 208 Å². The zero-order chi connectivity index (χ0) is 36.7. The Morgan fingerprint density at radius 3 is 2.24 bits per heavy atom. The number of aliphatic imine (C=N–C) groups is 2. The normalized spacial score (nSPS) is 22.5. The molecule has 2 aliphatic heterocycles. The van der Waals surface area contributed by atoms with E-state index in [1.165, 1.54) is 55.9 Å². The van der Waals surface area contributed by atoms with Crippen LogP contribution in [0, 0.1) is 0 Å². The Balaban J connectivity index is 1.17. The van der Waals surface area contributed by atoms with Gasteiger partial charge in [-0.05, 0) is 101 Å². The van der Waals surface area contributed by atoms with E-state index in [0.717, 1.165) is 48.5 Å². The number of nitrogens with zero attached hydrogens (tertiary/aromatic N) is 4. The number of hydrogen-bond donors (Lipinski definition) is 0. The van der Waals surface area contributed by atoms with Gasteiger partial charge >= 0.3 is 0 Å². The molecule has 266 valence electrons. The van der Waals surface area contributed by atoms with E-state index in [1.54, 1.807) is 0 Å². The maximum atomic E-state index is 5.45. The van der Waals surface area contributed by atoms with Crippen LogP contribution in [0.2, 0.25) is 0 Å². The van der Waals surface area contributed by atoms with Gasteiger partial charge in [0.15, 0.2) is 5.84 Å². The van der Waals surface area contributed by atoms with Gasteiger partial charge in [0.2, 0.25) is 0 Å². The van der Waals surface area contributed by atoms with Crippen LogP contribution in [-0.4, -0.2) is 35.8 Å². The molecular formula is C51H42N4. The van der Waals surface area contributed by atoms with Crippen molar-refractivity contribution in [3.8, 4) is 11.1 Å². The van der Waals surface area contributed by atoms with E-state index in [1.807, 2.05) is 12.2 Å². The molecule has 0 N–H and O–H groups in total. The second-order valence-electron chi connectivity index (χ2n) is 14.9. The zero-order valence-corrected chi connectivity index (χ0v) is 31.0. The maximum Gasteiger partial charge on any atom is 0.167 e. The SMILES string of the molecule is CN1C(C2=C(N3c4ccc(-c5ccccc5)cc4C4C=C(c5ccccc5)C=CC43)CCC(c3ccccc3)=C2)=NC(C2=C=CC=C2)=NC1C1=CC=CCC1. The molecule has 10 rings (SSSR count). The van der Waals surface area contributed by atoms with Crippen molar-refractivity contribution in [3.05, 3.63) is 215 Å². The number of hydrogen-bond acceptors (Lipinski definition) is 4. The topological polar surface area (TPSA) is 31.2 Å². The minimum Gasteiger partial charge on any atom is -0.336 e. The zero-order valence-electron chi connectivity index (χ0n) is 31.0. The molecule has 0 spiro atoms. The molecule has 0 aromatic heterocycles. The number of amidine groups is 2. The van der Waals surface area contributed by atoms with Gasteiger partial charge in [0.25, 0.3) is 0 Å². The first-order chi connectivity index (χ1) is 27.2. The summed E-state index contributed by atoms with van der Waals surface area (Å²) >= 11 is 0. The van der Waals surface area contributed by atoms with E-state index in [0.29, 0.717) is 0 Å². The summed E-state index contributed by atoms with van der Waals surface area (Å²) in [5, 5.41) is 0. The second kappa shape index (κ2) is 14.1. The summed E-state index contributed by atoms with van der Waals surface area (Å²) in [4.78, 5) is 15.7. The number of anilines is 1. The van der Waals surface area contributed by atoms with Crippen LogP contribution in [0.4, 0.5) is 5.69 Å². The Labute approximate surface area is 324 Å². The van der Waals surface area contributed by atoms with E-state index in [4.69, 9.17) is 9.98 Å². The molecule has 4 nitrogen and oxygen atoms in total. The van der Waals surface area contributed by atoms with E-state index in [2.05, 4.69) is 180 Å². The van der Waals surface area contributed by atoms with Crippen molar-refractivity contribution in [2.24, 2.45) is 9.98 Å². The summed E-state index contributed by atoms with van der Waals surface area (Å²) in [5.74, 6) is 1.88. The number of fused-ring (bicyclic) bond motifs is 3. The molecule has 3 atom stereocenters. The first-order valence-corrected chi connectivity index (χ1v) is 19.5. The van der Waals surface area contributed by atoms with Gasteiger partial charge < -0.3 is 9.80 Å². The molecule has 55 heavy (non-hydrogen) atoms. The summed E-state index contributed by atoms with van der Waals surface area (Å²) < 4.78 is 0. The molecular weight excluding hydrogens is 669 g/mol. The number of likely N-dealkylation sites (N-methyl/N-ethyl adjacent to an activating group) is 1. The Morgan fingerprint density at radius 2 is 1.51 bits per heavy atom. The highest BCUT2D eigenvalue weighted by molar-refractivity contribution is 6.16. The first kappa shape index (κ1) is 33.1. The lowest BCUT2D eigenvalue weighted by Gasteiger charge is -2.39. The van der Waals surface area contributed by atoms with Crippen molar-refractivity contribution >= 4 is 28.5 Å². The molecule has 4 aliphatic carbocycles. The van der Waals surface area contributed by atoms with Gasteiger partial charge in [-0.1, -0.05) is 140 Å². The largest absolute Gasteiger partial charge is 0.336 e. The van der Waals surface area contributed by atoms with Crippen molar-refractivity contribution in [1.29, 1.82) is 0 Å². The van der Waals surface area contributed by atoms with Crippen molar-refractivity contribution in [2.75, 3.05) is 11.9 Å². The third-order valence-corrected chi connectivity index (χ3v) is 11.7. The average molecular weight is 711 g/mol. The van der Waals surface area contributed by atoms with Gasteiger partial charge in [0.05, 0.1) is 11.6 Å². The molecule has 0 fully saturated rings. The highest BCUT2D eigenvalue weighted by Gasteiger charge is 2.42. The highest BCUT2D eigenvalue weighted by Crippen LogP contribution is 2.51. The van der Waals surface area contributed by atoms with Gasteiger partial charge in [-0.3, -0.25) is 0 Å². The minimum atomic E-state index is -0.155. The smallest absolute Gasteiger partial charge is 0.167 e. The quantitative estimate of drug-likeness (QED) is 0.179. The van der Waals surface area contributed by atoms with Crippen LogP contribution in [-0.2, 0) is 0 Å². The first-order valence-electron chi connectivity index (χ1n) is 19.5. The molecule has 0 saturated carbocycles. The van der Waals surface area contributed by atoms with Crippen LogP contribution in [0.25, 0.3) is 22.3 Å². The summed E-state index contributed by atoms with van der Waals surface area (Å²) in [5.41, 5.74) is 18.3. The van der Waals surface area contributed by atoms with Crippen LogP contribution in [0.5, 0.6) is 0 Å². The highest BCUT2D eigenvalue weighted by atomic mass is 15.3. The molecule has 2 heterocycles. The van der Waals surface area contributed by atoms with Crippen molar-refractivity contribution in [2.45, 2.75) is 43.8 Å². The molecule has 0 amide bonds. The van der Waals surface area contributed by atoms with Gasteiger partial charge in [-0.25, -0.2) is 9.98 Å². The van der Waals surface area contributed by atoms with E-state index in [-0.39, 0.29) is 18.1 Å². The number of allylic oxidation sites excluding steroid dienone is 8. The van der Waals surface area contributed by atoms with E-state index < -0.39 is 0 Å². The van der Waals surface area contributed by atoms with Crippen LogP contribution in [0.1, 0.15) is 48.3 Å². The molecule has 3 unspecified atom stereocenters. The molecule has 4 aromatic rings. The van der Waals surface area contributed by atoms with Crippen molar-refractivity contribution < 1.29 is 0 Å². The molecule has 6 aliphatic rings. The number of rotatable bonds is 7. The number of benzene rings is 4. The van der Waals surface area contributed by atoms with Gasteiger partial charge in [0, 0.05) is 29.9 Å². The Hall–Kier alpha value is -6.48. The molecule has 0 saturated heterocycles. The van der Waals surface area contributed by atoms with Gasteiger partial charge in [-0.15, -0.1) is 5.73 Å². The maximum absolute atomic E-state index is 5.45. The van der Waals surface area contributed by atoms with Gasteiger partial charge in [-0.2, -0.15) is 0 Å². The third kappa shape index (κ3) is 6.06. The summed E-state index contributed by atoms with van der Waals surface area (Å²) in [6.45, 7) is 0. The van der Waals surface area contributed by atoms with Gasteiger partial charge in [0.1, 0.15) is 12.0 Å². The predicted molar refractivity (Wildman–Crippen MR) is 229 cm³/mol. The second-order valence-corrected chi connectivity index (χ2v) is 14.9. The van der Waals surface area contributed by atoms with E-state index >= 15 is 0 Å². The standard InChI is InChI=1S/C51H42N4/c1-54-50(39-24-12-5-13-25-39)52-49(38-22-14-15-23-38)53-51(54)45-34-42(37-20-10-4-11-21-37)28-31-48(45)55-46-29-26-40(35-16-6-2-7-17-35)32-43(46)44-33-41(27-30-47(44)55)36-18-8-3-9-19-36/h2-12,14-22,24,26-27,29-30,32-34,43,46,50H,13,25,28,31H2,1H3. The fraction of sp³-hybridized carbons (Fsp3) is 0.157. The van der Waals surface area contributed by atoms with Crippen LogP contribution in [0.3, 0.4) is 0 Å². The fourth-order valence-electron chi connectivity index (χ4n) is 8.93. The summed E-state index contributed by atoms with van der Waals surface area (Å²) in [6.07, 6.45) is 26.1. The lowest BCUT2D eigenvalue weighted by atomic mass is 9.85. The Bertz CT molecular complexity index is 2530. The lowest BCUT2D eigenvalue weighted by molar-refractivity contribution is 0.406. The van der Waals surface area contributed by atoms with Crippen molar-refractivity contribution in [1.82, 2.24) is 4.90 Å². The summed E-state index contributed by atoms with van der Waals surface area (Å²) in [6, 6.07) is 39.7. The van der Waals surface area contributed by atoms with E-state index in [9.17, 15) is 0 Å². The fourth-order valence-corrected chi connectivity index (χ4v) is 8.93. The third-order valence-electron chi connectivity index (χ3n) is 11.7. The van der Waals surface area contributed by atoms with Crippen LogP contribution < -0.4 is 4.90 Å². The monoisotopic (exact) mass is 710 g/mol. The molecule has 0 bridgehead atoms. The average Bonchev–Trinajstić information content (AvgIpc) is 3.92. The minimum absolute atomic E-state index is 0.123. The molecule has 0 radical (unpaired) electrons. The van der Waals surface area contributed by atoms with Crippen molar-refractivity contribution in [3.63, 3.8) is 0 Å².